The minimum Gasteiger partial charge on any atom is -0.374 e. The lowest BCUT2D eigenvalue weighted by molar-refractivity contribution is -0.0464. The van der Waals surface area contributed by atoms with E-state index in [9.17, 15) is 0 Å². The molecule has 0 fully saturated rings. The Labute approximate surface area is 111 Å². The van der Waals surface area contributed by atoms with Crippen LogP contribution in [-0.2, 0) is 24.6 Å². The molecule has 1 heterocycles. The van der Waals surface area contributed by atoms with E-state index in [1.165, 1.54) is 5.69 Å². The molecule has 0 aliphatic carbocycles. The Morgan fingerprint density at radius 2 is 2.11 bits per heavy atom. The van der Waals surface area contributed by atoms with E-state index < -0.39 is 0 Å². The number of nitrogens with zero attached hydrogens (tertiary/aromatic N) is 2. The molecular weight excluding hydrogens is 226 g/mol. The van der Waals surface area contributed by atoms with E-state index in [1.807, 2.05) is 18.7 Å². The summed E-state index contributed by atoms with van der Waals surface area (Å²) in [6.45, 7) is 9.04. The van der Waals surface area contributed by atoms with Gasteiger partial charge in [0, 0.05) is 31.8 Å². The van der Waals surface area contributed by atoms with E-state index in [4.69, 9.17) is 10.5 Å². The summed E-state index contributed by atoms with van der Waals surface area (Å²) >= 11 is 0. The molecule has 1 aromatic rings. The van der Waals surface area contributed by atoms with Crippen molar-refractivity contribution in [2.24, 2.45) is 12.8 Å². The molecule has 0 amide bonds. The van der Waals surface area contributed by atoms with Gasteiger partial charge in [0.15, 0.2) is 0 Å². The summed E-state index contributed by atoms with van der Waals surface area (Å²) < 4.78 is 7.76. The van der Waals surface area contributed by atoms with Gasteiger partial charge in [0.05, 0.1) is 11.3 Å². The lowest BCUT2D eigenvalue weighted by Gasteiger charge is -2.34. The van der Waals surface area contributed by atoms with Crippen molar-refractivity contribution >= 4 is 0 Å². The monoisotopic (exact) mass is 253 g/mol. The molecule has 1 aromatic heterocycles. The molecule has 0 aliphatic heterocycles. The molecule has 2 N–H and O–H groups in total. The summed E-state index contributed by atoms with van der Waals surface area (Å²) in [5.74, 6) is 0. The predicted molar refractivity (Wildman–Crippen MR) is 74.6 cm³/mol. The smallest absolute Gasteiger partial charge is 0.0805 e. The molecular formula is C14H27N3O. The van der Waals surface area contributed by atoms with Gasteiger partial charge < -0.3 is 10.5 Å². The first-order chi connectivity index (χ1) is 8.46. The van der Waals surface area contributed by atoms with Crippen molar-refractivity contribution in [2.75, 3.05) is 6.61 Å². The van der Waals surface area contributed by atoms with E-state index >= 15 is 0 Å². The highest BCUT2D eigenvalue weighted by Gasteiger charge is 2.31. The van der Waals surface area contributed by atoms with Crippen molar-refractivity contribution < 1.29 is 4.74 Å². The van der Waals surface area contributed by atoms with E-state index in [0.29, 0.717) is 6.61 Å². The zero-order valence-electron chi connectivity index (χ0n) is 12.4. The van der Waals surface area contributed by atoms with Crippen LogP contribution in [-0.4, -0.2) is 28.0 Å². The van der Waals surface area contributed by atoms with Gasteiger partial charge in [-0.1, -0.05) is 13.8 Å². The average Bonchev–Trinajstić information content (AvgIpc) is 2.70. The Hall–Kier alpha value is -0.870. The highest BCUT2D eigenvalue weighted by Crippen LogP contribution is 2.22. The summed E-state index contributed by atoms with van der Waals surface area (Å²) in [4.78, 5) is 0. The first kappa shape index (κ1) is 15.2. The third kappa shape index (κ3) is 3.33. The summed E-state index contributed by atoms with van der Waals surface area (Å²) in [7, 11) is 1.98. The molecule has 0 spiro atoms. The zero-order chi connectivity index (χ0) is 13.8. The van der Waals surface area contributed by atoms with Gasteiger partial charge in [-0.3, -0.25) is 4.68 Å². The van der Waals surface area contributed by atoms with Gasteiger partial charge in [-0.05, 0) is 32.8 Å². The second-order valence-corrected chi connectivity index (χ2v) is 5.01. The second-order valence-electron chi connectivity index (χ2n) is 5.01. The van der Waals surface area contributed by atoms with Crippen LogP contribution in [0.25, 0.3) is 0 Å². The molecule has 0 aliphatic rings. The van der Waals surface area contributed by atoms with Crippen molar-refractivity contribution in [2.45, 2.75) is 58.6 Å². The van der Waals surface area contributed by atoms with Crippen molar-refractivity contribution in [3.05, 3.63) is 17.5 Å². The van der Waals surface area contributed by atoms with Crippen molar-refractivity contribution in [1.29, 1.82) is 0 Å². The first-order valence-corrected chi connectivity index (χ1v) is 6.88. The van der Waals surface area contributed by atoms with Gasteiger partial charge in [0.25, 0.3) is 0 Å². The molecule has 18 heavy (non-hydrogen) atoms. The maximum Gasteiger partial charge on any atom is 0.0805 e. The fraction of sp³-hybridized carbons (Fsp3) is 0.786. The van der Waals surface area contributed by atoms with Crippen LogP contribution in [0.3, 0.4) is 0 Å². The van der Waals surface area contributed by atoms with Crippen LogP contribution >= 0.6 is 0 Å². The third-order valence-corrected chi connectivity index (χ3v) is 3.78. The van der Waals surface area contributed by atoms with Crippen molar-refractivity contribution in [1.82, 2.24) is 9.78 Å². The molecule has 4 heteroatoms. The Balaban J connectivity index is 2.78. The van der Waals surface area contributed by atoms with Crippen LogP contribution in [0.1, 0.15) is 45.5 Å². The molecule has 2 atom stereocenters. The number of aryl methyl sites for hydroxylation is 2. The number of nitrogens with two attached hydrogens (primary N) is 1. The Bertz CT molecular complexity index is 375. The van der Waals surface area contributed by atoms with Crippen LogP contribution in [0.2, 0.25) is 0 Å². The molecule has 0 bridgehead atoms. The van der Waals surface area contributed by atoms with E-state index in [2.05, 4.69) is 31.9 Å². The number of hydrogen-bond acceptors (Lipinski definition) is 3. The van der Waals surface area contributed by atoms with Gasteiger partial charge in [-0.25, -0.2) is 0 Å². The molecule has 2 unspecified atom stereocenters. The highest BCUT2D eigenvalue weighted by molar-refractivity contribution is 5.12. The highest BCUT2D eigenvalue weighted by atomic mass is 16.5. The lowest BCUT2D eigenvalue weighted by atomic mass is 9.90. The van der Waals surface area contributed by atoms with Gasteiger partial charge in [0.1, 0.15) is 0 Å². The molecule has 0 aromatic carbocycles. The lowest BCUT2D eigenvalue weighted by Crippen LogP contribution is -2.49. The molecule has 0 radical (unpaired) electrons. The average molecular weight is 253 g/mol. The molecule has 0 saturated heterocycles. The normalized spacial score (nSPS) is 16.6. The predicted octanol–water partition coefficient (Wildman–Crippen LogP) is 2.06. The number of rotatable bonds is 7. The zero-order valence-corrected chi connectivity index (χ0v) is 12.4. The fourth-order valence-corrected chi connectivity index (χ4v) is 2.18. The van der Waals surface area contributed by atoms with Crippen molar-refractivity contribution in [3.63, 3.8) is 0 Å². The van der Waals surface area contributed by atoms with Crippen LogP contribution in [0.5, 0.6) is 0 Å². The van der Waals surface area contributed by atoms with E-state index in [0.717, 1.165) is 25.0 Å². The summed E-state index contributed by atoms with van der Waals surface area (Å²) in [6, 6.07) is 2.13. The van der Waals surface area contributed by atoms with Gasteiger partial charge in [-0.2, -0.15) is 5.10 Å². The van der Waals surface area contributed by atoms with E-state index in [-0.39, 0.29) is 11.6 Å². The Kier molecular flexibility index (Phi) is 5.35. The van der Waals surface area contributed by atoms with E-state index in [1.54, 1.807) is 0 Å². The minimum absolute atomic E-state index is 0.0115. The van der Waals surface area contributed by atoms with Crippen LogP contribution < -0.4 is 5.73 Å². The summed E-state index contributed by atoms with van der Waals surface area (Å²) in [5, 5.41) is 4.46. The van der Waals surface area contributed by atoms with Crippen molar-refractivity contribution in [3.8, 4) is 0 Å². The Morgan fingerprint density at radius 3 is 2.56 bits per heavy atom. The molecule has 4 nitrogen and oxygen atoms in total. The largest absolute Gasteiger partial charge is 0.374 e. The first-order valence-electron chi connectivity index (χ1n) is 6.88. The molecule has 0 saturated carbocycles. The topological polar surface area (TPSA) is 53.1 Å². The summed E-state index contributed by atoms with van der Waals surface area (Å²) in [6.07, 6.45) is 2.67. The maximum absolute atomic E-state index is 6.33. The molecule has 104 valence electrons. The molecule has 1 rings (SSSR count). The number of hydrogen-bond donors (Lipinski definition) is 1. The SMILES string of the molecule is CCOC(C)(CC)C(N)Cc1cc(CC)nn1C. The van der Waals surface area contributed by atoms with Crippen LogP contribution in [0, 0.1) is 0 Å². The summed E-state index contributed by atoms with van der Waals surface area (Å²) in [5.41, 5.74) is 8.37. The maximum atomic E-state index is 6.33. The standard InChI is InChI=1S/C14H27N3O/c1-6-11-9-12(17(5)16-11)10-13(15)14(4,7-2)18-8-3/h9,13H,6-8,10,15H2,1-5H3. The fourth-order valence-electron chi connectivity index (χ4n) is 2.18. The number of aromatic nitrogens is 2. The van der Waals surface area contributed by atoms with Crippen LogP contribution in [0.4, 0.5) is 0 Å². The Morgan fingerprint density at radius 1 is 1.44 bits per heavy atom. The van der Waals surface area contributed by atoms with Gasteiger partial charge >= 0.3 is 0 Å². The van der Waals surface area contributed by atoms with Gasteiger partial charge in [0.2, 0.25) is 0 Å². The third-order valence-electron chi connectivity index (χ3n) is 3.78. The second kappa shape index (κ2) is 6.34. The van der Waals surface area contributed by atoms with Crippen LogP contribution in [0.15, 0.2) is 6.07 Å². The minimum atomic E-state index is -0.259. The van der Waals surface area contributed by atoms with Gasteiger partial charge in [-0.15, -0.1) is 0 Å². The quantitative estimate of drug-likeness (QED) is 0.809. The number of ether oxygens (including phenoxy) is 1.